The Kier molecular flexibility index (Phi) is 4.66. The lowest BCUT2D eigenvalue weighted by Gasteiger charge is -2.10. The van der Waals surface area contributed by atoms with Crippen molar-refractivity contribution in [3.05, 3.63) is 53.6 Å². The highest BCUT2D eigenvalue weighted by Crippen LogP contribution is 2.18. The molecule has 0 aliphatic carbocycles. The van der Waals surface area contributed by atoms with Crippen LogP contribution in [0.25, 0.3) is 0 Å². The summed E-state index contributed by atoms with van der Waals surface area (Å²) in [4.78, 5) is 12.1. The van der Waals surface area contributed by atoms with Gasteiger partial charge in [0.15, 0.2) is 0 Å². The number of anilines is 2. The molecule has 0 saturated carbocycles. The van der Waals surface area contributed by atoms with Crippen molar-refractivity contribution >= 4 is 17.3 Å². The van der Waals surface area contributed by atoms with Crippen LogP contribution in [0.4, 0.5) is 11.4 Å². The molecule has 110 valence electrons. The number of hydrogen-bond donors (Lipinski definition) is 3. The maximum Gasteiger partial charge on any atom is 0.253 e. The number of nitrogens with one attached hydrogen (secondary N) is 1. The summed E-state index contributed by atoms with van der Waals surface area (Å²) < 4.78 is 5.27. The van der Waals surface area contributed by atoms with Crippen LogP contribution in [-0.2, 0) is 6.42 Å². The van der Waals surface area contributed by atoms with Gasteiger partial charge in [0.05, 0.1) is 12.7 Å². The predicted octanol–water partition coefficient (Wildman–Crippen LogP) is 1.83. The zero-order valence-electron chi connectivity index (χ0n) is 11.9. The van der Waals surface area contributed by atoms with Crippen LogP contribution in [0.15, 0.2) is 42.5 Å². The number of carbonyl (C=O) groups excluding carboxylic acids is 1. The molecule has 0 saturated heterocycles. The van der Waals surface area contributed by atoms with Gasteiger partial charge in [0.25, 0.3) is 5.91 Å². The van der Waals surface area contributed by atoms with Gasteiger partial charge >= 0.3 is 0 Å². The highest BCUT2D eigenvalue weighted by Gasteiger charge is 2.09. The van der Waals surface area contributed by atoms with Gasteiger partial charge in [-0.15, -0.1) is 0 Å². The van der Waals surface area contributed by atoms with Crippen molar-refractivity contribution in [3.8, 4) is 5.75 Å². The molecule has 0 fully saturated rings. The van der Waals surface area contributed by atoms with Gasteiger partial charge < -0.3 is 21.5 Å². The summed E-state index contributed by atoms with van der Waals surface area (Å²) >= 11 is 0. The number of carbonyl (C=O) groups is 1. The lowest BCUT2D eigenvalue weighted by atomic mass is 10.1. The SMILES string of the molecule is COc1ccccc1CCNC(=O)c1ccc(N)cc1N. The second-order valence-electron chi connectivity index (χ2n) is 4.66. The van der Waals surface area contributed by atoms with E-state index in [0.29, 0.717) is 29.9 Å². The first-order valence-electron chi connectivity index (χ1n) is 6.67. The lowest BCUT2D eigenvalue weighted by Crippen LogP contribution is -2.26. The van der Waals surface area contributed by atoms with Crippen LogP contribution in [0, 0.1) is 0 Å². The first-order chi connectivity index (χ1) is 10.1. The highest BCUT2D eigenvalue weighted by atomic mass is 16.5. The van der Waals surface area contributed by atoms with Gasteiger partial charge in [0.2, 0.25) is 0 Å². The third-order valence-corrected chi connectivity index (χ3v) is 3.19. The Bertz CT molecular complexity index is 641. The fourth-order valence-electron chi connectivity index (χ4n) is 2.10. The molecular weight excluding hydrogens is 266 g/mol. The van der Waals surface area contributed by atoms with Gasteiger partial charge in [-0.2, -0.15) is 0 Å². The lowest BCUT2D eigenvalue weighted by molar-refractivity contribution is 0.0955. The van der Waals surface area contributed by atoms with Crippen LogP contribution in [0.2, 0.25) is 0 Å². The molecule has 5 nitrogen and oxygen atoms in total. The quantitative estimate of drug-likeness (QED) is 0.731. The van der Waals surface area contributed by atoms with Gasteiger partial charge in [-0.05, 0) is 36.2 Å². The van der Waals surface area contributed by atoms with Crippen molar-refractivity contribution in [1.82, 2.24) is 5.32 Å². The maximum absolute atomic E-state index is 12.1. The van der Waals surface area contributed by atoms with Crippen molar-refractivity contribution in [2.24, 2.45) is 0 Å². The first-order valence-corrected chi connectivity index (χ1v) is 6.67. The van der Waals surface area contributed by atoms with Crippen molar-refractivity contribution in [3.63, 3.8) is 0 Å². The van der Waals surface area contributed by atoms with E-state index in [1.54, 1.807) is 25.3 Å². The number of nitrogens with two attached hydrogens (primary N) is 2. The molecule has 2 aromatic rings. The number of rotatable bonds is 5. The molecule has 0 aliphatic rings. The van der Waals surface area contributed by atoms with E-state index in [0.717, 1.165) is 11.3 Å². The summed E-state index contributed by atoms with van der Waals surface area (Å²) in [6.07, 6.45) is 0.685. The van der Waals surface area contributed by atoms with Gasteiger partial charge in [0, 0.05) is 17.9 Å². The van der Waals surface area contributed by atoms with Gasteiger partial charge in [-0.3, -0.25) is 4.79 Å². The van der Waals surface area contributed by atoms with Crippen LogP contribution < -0.4 is 21.5 Å². The molecule has 21 heavy (non-hydrogen) atoms. The summed E-state index contributed by atoms with van der Waals surface area (Å²) in [6, 6.07) is 12.6. The molecule has 2 aromatic carbocycles. The number of hydrogen-bond acceptors (Lipinski definition) is 4. The summed E-state index contributed by atoms with van der Waals surface area (Å²) in [6.45, 7) is 0.503. The highest BCUT2D eigenvalue weighted by molar-refractivity contribution is 5.99. The van der Waals surface area contributed by atoms with Gasteiger partial charge in [-0.1, -0.05) is 18.2 Å². The number of nitrogen functional groups attached to an aromatic ring is 2. The fourth-order valence-corrected chi connectivity index (χ4v) is 2.10. The number of benzene rings is 2. The van der Waals surface area contributed by atoms with Crippen LogP contribution in [-0.4, -0.2) is 19.6 Å². The zero-order valence-corrected chi connectivity index (χ0v) is 11.9. The van der Waals surface area contributed by atoms with E-state index in [4.69, 9.17) is 16.2 Å². The summed E-state index contributed by atoms with van der Waals surface area (Å²) in [5, 5.41) is 2.84. The molecule has 0 radical (unpaired) electrons. The van der Waals surface area contributed by atoms with Gasteiger partial charge in [0.1, 0.15) is 5.75 Å². The van der Waals surface area contributed by atoms with E-state index in [-0.39, 0.29) is 5.91 Å². The Hall–Kier alpha value is -2.69. The van der Waals surface area contributed by atoms with Crippen molar-refractivity contribution in [2.45, 2.75) is 6.42 Å². The van der Waals surface area contributed by atoms with E-state index >= 15 is 0 Å². The Morgan fingerprint density at radius 3 is 2.67 bits per heavy atom. The van der Waals surface area contributed by atoms with Crippen molar-refractivity contribution < 1.29 is 9.53 Å². The van der Waals surface area contributed by atoms with E-state index in [9.17, 15) is 4.79 Å². The maximum atomic E-state index is 12.1. The summed E-state index contributed by atoms with van der Waals surface area (Å²) in [7, 11) is 1.63. The van der Waals surface area contributed by atoms with E-state index in [2.05, 4.69) is 5.32 Å². The standard InChI is InChI=1S/C16H19N3O2/c1-21-15-5-3-2-4-11(15)8-9-19-16(20)13-7-6-12(17)10-14(13)18/h2-7,10H,8-9,17-18H2,1H3,(H,19,20). The average molecular weight is 285 g/mol. The van der Waals surface area contributed by atoms with E-state index in [1.165, 1.54) is 0 Å². The Balaban J connectivity index is 1.95. The minimum atomic E-state index is -0.206. The molecule has 0 bridgehead atoms. The molecule has 0 unspecified atom stereocenters. The molecule has 0 atom stereocenters. The molecule has 0 aromatic heterocycles. The smallest absolute Gasteiger partial charge is 0.253 e. The number of amides is 1. The number of methoxy groups -OCH3 is 1. The largest absolute Gasteiger partial charge is 0.496 e. The second-order valence-corrected chi connectivity index (χ2v) is 4.66. The minimum Gasteiger partial charge on any atom is -0.496 e. The Morgan fingerprint density at radius 1 is 1.19 bits per heavy atom. The third-order valence-electron chi connectivity index (χ3n) is 3.19. The molecule has 0 aliphatic heterocycles. The van der Waals surface area contributed by atoms with Crippen LogP contribution >= 0.6 is 0 Å². The monoisotopic (exact) mass is 285 g/mol. The van der Waals surface area contributed by atoms with E-state index in [1.807, 2.05) is 24.3 Å². The first kappa shape index (κ1) is 14.7. The zero-order chi connectivity index (χ0) is 15.2. The molecule has 0 spiro atoms. The molecule has 1 amide bonds. The average Bonchev–Trinajstić information content (AvgIpc) is 2.47. The summed E-state index contributed by atoms with van der Waals surface area (Å²) in [5.41, 5.74) is 13.8. The molecule has 2 rings (SSSR count). The van der Waals surface area contributed by atoms with E-state index < -0.39 is 0 Å². The summed E-state index contributed by atoms with van der Waals surface area (Å²) in [5.74, 6) is 0.612. The molecule has 0 heterocycles. The van der Waals surface area contributed by atoms with Crippen molar-refractivity contribution in [2.75, 3.05) is 25.1 Å². The minimum absolute atomic E-state index is 0.206. The van der Waals surface area contributed by atoms with Crippen LogP contribution in [0.1, 0.15) is 15.9 Å². The molecule has 5 N–H and O–H groups in total. The predicted molar refractivity (Wildman–Crippen MR) is 84.3 cm³/mol. The van der Waals surface area contributed by atoms with Crippen LogP contribution in [0.5, 0.6) is 5.75 Å². The molecular formula is C16H19N3O2. The molecule has 5 heteroatoms. The van der Waals surface area contributed by atoms with Crippen molar-refractivity contribution in [1.29, 1.82) is 0 Å². The Morgan fingerprint density at radius 2 is 1.95 bits per heavy atom. The number of ether oxygens (including phenoxy) is 1. The van der Waals surface area contributed by atoms with Crippen LogP contribution in [0.3, 0.4) is 0 Å². The number of para-hydroxylation sites is 1. The Labute approximate surface area is 123 Å². The topological polar surface area (TPSA) is 90.4 Å². The fraction of sp³-hybridized carbons (Fsp3) is 0.188. The second kappa shape index (κ2) is 6.65. The third kappa shape index (κ3) is 3.66. The normalized spacial score (nSPS) is 10.1. The van der Waals surface area contributed by atoms with Gasteiger partial charge in [-0.25, -0.2) is 0 Å².